The zero-order valence-corrected chi connectivity index (χ0v) is 6.43. The molecular formula is C6H8F3NO3. The largest absolute Gasteiger partial charge is 0.450 e. The molecule has 0 aliphatic heterocycles. The quantitative estimate of drug-likeness (QED) is 0.447. The van der Waals surface area contributed by atoms with Crippen LogP contribution in [-0.2, 0) is 4.79 Å². The molecule has 0 atom stereocenters. The van der Waals surface area contributed by atoms with Gasteiger partial charge in [0.15, 0.2) is 6.29 Å². The molecule has 0 aliphatic carbocycles. The molecule has 0 amide bonds. The Hall–Kier alpha value is -0.950. The summed E-state index contributed by atoms with van der Waals surface area (Å²) in [4.78, 5) is 10.2. The Morgan fingerprint density at radius 3 is 2.15 bits per heavy atom. The Morgan fingerprint density at radius 2 is 1.85 bits per heavy atom. The van der Waals surface area contributed by atoms with E-state index in [9.17, 15) is 18.0 Å². The monoisotopic (exact) mass is 199 g/mol. The zero-order chi connectivity index (χ0) is 10.6. The minimum Gasteiger partial charge on any atom is -0.368 e. The lowest BCUT2D eigenvalue weighted by Crippen LogP contribution is -2.26. The lowest BCUT2D eigenvalue weighted by molar-refractivity contribution is -0.169. The highest BCUT2D eigenvalue weighted by Crippen LogP contribution is 2.18. The molecule has 3 N–H and O–H groups in total. The van der Waals surface area contributed by atoms with Crippen molar-refractivity contribution < 1.29 is 28.2 Å². The van der Waals surface area contributed by atoms with E-state index in [-0.39, 0.29) is 0 Å². The first-order chi connectivity index (χ1) is 5.73. The summed E-state index contributed by atoms with van der Waals surface area (Å²) in [5.74, 6) is -2.06. The number of halogens is 3. The van der Waals surface area contributed by atoms with Gasteiger partial charge < -0.3 is 15.6 Å². The predicted molar refractivity (Wildman–Crippen MR) is 36.2 cm³/mol. The molecule has 4 nitrogen and oxygen atoms in total. The Balaban J connectivity index is 4.01. The van der Waals surface area contributed by atoms with E-state index in [0.717, 1.165) is 0 Å². The van der Waals surface area contributed by atoms with E-state index in [4.69, 9.17) is 15.6 Å². The molecule has 76 valence electrons. The van der Waals surface area contributed by atoms with Crippen LogP contribution in [0.1, 0.15) is 12.8 Å². The standard InChI is InChI=1S/C6H8F3NO3/c7-6(8,9)4(11)1-3(10)2-5(12)13/h5,10,12-13H,1-2H2. The molecule has 0 rings (SSSR count). The molecule has 0 heterocycles. The van der Waals surface area contributed by atoms with Gasteiger partial charge in [-0.15, -0.1) is 0 Å². The number of hydrogen-bond donors (Lipinski definition) is 3. The number of aliphatic hydroxyl groups is 2. The second-order valence-electron chi connectivity index (χ2n) is 2.39. The highest BCUT2D eigenvalue weighted by atomic mass is 19.4. The second kappa shape index (κ2) is 4.33. The van der Waals surface area contributed by atoms with Crippen LogP contribution >= 0.6 is 0 Å². The smallest absolute Gasteiger partial charge is 0.368 e. The van der Waals surface area contributed by atoms with Gasteiger partial charge in [0, 0.05) is 12.1 Å². The number of hydrogen-bond acceptors (Lipinski definition) is 4. The van der Waals surface area contributed by atoms with Gasteiger partial charge >= 0.3 is 6.18 Å². The third kappa shape index (κ3) is 5.31. The fourth-order valence-corrected chi connectivity index (χ4v) is 0.587. The fraction of sp³-hybridized carbons (Fsp3) is 0.667. The van der Waals surface area contributed by atoms with Crippen LogP contribution < -0.4 is 0 Å². The van der Waals surface area contributed by atoms with Crippen LogP contribution in [0.25, 0.3) is 0 Å². The van der Waals surface area contributed by atoms with E-state index < -0.39 is 36.8 Å². The zero-order valence-electron chi connectivity index (χ0n) is 6.43. The van der Waals surface area contributed by atoms with Gasteiger partial charge in [0.1, 0.15) is 0 Å². The van der Waals surface area contributed by atoms with Gasteiger partial charge in [-0.05, 0) is 0 Å². The van der Waals surface area contributed by atoms with Crippen LogP contribution in [0.4, 0.5) is 13.2 Å². The van der Waals surface area contributed by atoms with Gasteiger partial charge in [0.2, 0.25) is 5.78 Å². The minimum absolute atomic E-state index is 0.651. The van der Waals surface area contributed by atoms with Gasteiger partial charge in [0.25, 0.3) is 0 Å². The maximum atomic E-state index is 11.6. The average molecular weight is 199 g/mol. The third-order valence-corrected chi connectivity index (χ3v) is 1.12. The summed E-state index contributed by atoms with van der Waals surface area (Å²) in [6.07, 6.45) is -8.64. The Labute approximate surface area is 71.5 Å². The number of rotatable bonds is 4. The summed E-state index contributed by atoms with van der Waals surface area (Å²) in [5.41, 5.74) is -0.655. The average Bonchev–Trinajstić information content (AvgIpc) is 1.82. The number of Topliss-reactive ketones (excluding diaryl/α,β-unsaturated/α-hetero) is 1. The lowest BCUT2D eigenvalue weighted by atomic mass is 10.1. The van der Waals surface area contributed by atoms with Crippen LogP contribution in [0.5, 0.6) is 0 Å². The van der Waals surface area contributed by atoms with E-state index in [1.807, 2.05) is 0 Å². The Kier molecular flexibility index (Phi) is 4.02. The lowest BCUT2D eigenvalue weighted by Gasteiger charge is -2.06. The first-order valence-corrected chi connectivity index (χ1v) is 3.26. The molecule has 0 radical (unpaired) electrons. The number of ketones is 1. The van der Waals surface area contributed by atoms with E-state index in [1.165, 1.54) is 0 Å². The maximum Gasteiger partial charge on any atom is 0.450 e. The summed E-state index contributed by atoms with van der Waals surface area (Å²) >= 11 is 0. The van der Waals surface area contributed by atoms with Crippen LogP contribution in [0.3, 0.4) is 0 Å². The molecule has 0 saturated carbocycles. The van der Waals surface area contributed by atoms with Crippen molar-refractivity contribution in [1.29, 1.82) is 5.41 Å². The fourth-order valence-electron chi connectivity index (χ4n) is 0.587. The number of aliphatic hydroxyl groups excluding tert-OH is 1. The molecule has 0 unspecified atom stereocenters. The summed E-state index contributed by atoms with van der Waals surface area (Å²) < 4.78 is 34.7. The van der Waals surface area contributed by atoms with Crippen molar-refractivity contribution in [2.75, 3.05) is 0 Å². The van der Waals surface area contributed by atoms with Crippen LogP contribution in [0.2, 0.25) is 0 Å². The van der Waals surface area contributed by atoms with Gasteiger partial charge in [-0.3, -0.25) is 4.79 Å². The SMILES string of the molecule is N=C(CC(=O)C(F)(F)F)CC(O)O. The van der Waals surface area contributed by atoms with Crippen LogP contribution in [0.15, 0.2) is 0 Å². The predicted octanol–water partition coefficient (Wildman–Crippen LogP) is 0.228. The molecule has 0 bridgehead atoms. The molecule has 13 heavy (non-hydrogen) atoms. The molecule has 0 aromatic heterocycles. The molecule has 0 aromatic rings. The third-order valence-electron chi connectivity index (χ3n) is 1.12. The van der Waals surface area contributed by atoms with Crippen molar-refractivity contribution >= 4 is 11.5 Å². The topological polar surface area (TPSA) is 81.4 Å². The molecule has 7 heteroatoms. The van der Waals surface area contributed by atoms with Crippen LogP contribution in [-0.4, -0.2) is 34.2 Å². The summed E-state index contributed by atoms with van der Waals surface area (Å²) in [6, 6.07) is 0. The van der Waals surface area contributed by atoms with E-state index in [2.05, 4.69) is 0 Å². The molecule has 0 saturated heterocycles. The van der Waals surface area contributed by atoms with Crippen molar-refractivity contribution in [2.45, 2.75) is 25.3 Å². The molecule has 0 aliphatic rings. The van der Waals surface area contributed by atoms with E-state index in [0.29, 0.717) is 0 Å². The van der Waals surface area contributed by atoms with Gasteiger partial charge in [-0.25, -0.2) is 0 Å². The molecule has 0 aromatic carbocycles. The van der Waals surface area contributed by atoms with Crippen molar-refractivity contribution in [3.05, 3.63) is 0 Å². The number of alkyl halides is 3. The van der Waals surface area contributed by atoms with Crippen molar-refractivity contribution in [3.63, 3.8) is 0 Å². The maximum absolute atomic E-state index is 11.6. The van der Waals surface area contributed by atoms with Gasteiger partial charge in [-0.2, -0.15) is 13.2 Å². The highest BCUT2D eigenvalue weighted by Gasteiger charge is 2.38. The number of nitrogens with one attached hydrogen (secondary N) is 1. The first kappa shape index (κ1) is 12.0. The Morgan fingerprint density at radius 1 is 1.38 bits per heavy atom. The van der Waals surface area contributed by atoms with Crippen molar-refractivity contribution in [1.82, 2.24) is 0 Å². The van der Waals surface area contributed by atoms with Crippen LogP contribution in [0, 0.1) is 5.41 Å². The summed E-state index contributed by atoms with van der Waals surface area (Å²) in [7, 11) is 0. The van der Waals surface area contributed by atoms with Crippen molar-refractivity contribution in [3.8, 4) is 0 Å². The van der Waals surface area contributed by atoms with E-state index >= 15 is 0 Å². The van der Waals surface area contributed by atoms with Gasteiger partial charge in [0.05, 0.1) is 6.42 Å². The Bertz CT molecular complexity index is 212. The molecule has 0 spiro atoms. The number of carbonyl (C=O) groups excluding carboxylic acids is 1. The van der Waals surface area contributed by atoms with E-state index in [1.54, 1.807) is 0 Å². The molecular weight excluding hydrogens is 191 g/mol. The summed E-state index contributed by atoms with van der Waals surface area (Å²) in [5, 5.41) is 23.3. The van der Waals surface area contributed by atoms with Gasteiger partial charge in [-0.1, -0.05) is 0 Å². The second-order valence-corrected chi connectivity index (χ2v) is 2.39. The van der Waals surface area contributed by atoms with Crippen molar-refractivity contribution in [2.24, 2.45) is 0 Å². The molecule has 0 fully saturated rings. The number of carbonyl (C=O) groups is 1. The minimum atomic E-state index is -4.97. The summed E-state index contributed by atoms with van der Waals surface area (Å²) in [6.45, 7) is 0. The first-order valence-electron chi connectivity index (χ1n) is 3.26. The normalized spacial score (nSPS) is 11.8. The highest BCUT2D eigenvalue weighted by molar-refractivity contribution is 6.02.